The van der Waals surface area contributed by atoms with Crippen molar-refractivity contribution < 1.29 is 4.74 Å². The largest absolute Gasteiger partial charge is 0.376 e. The van der Waals surface area contributed by atoms with E-state index in [0.717, 1.165) is 48.0 Å². The van der Waals surface area contributed by atoms with Gasteiger partial charge in [-0.2, -0.15) is 0 Å². The Hall–Kier alpha value is -2.01. The number of hydrogen-bond acceptors (Lipinski definition) is 5. The Kier molecular flexibility index (Phi) is 4.42. The zero-order valence-electron chi connectivity index (χ0n) is 15.1. The molecule has 4 rings (SSSR count). The monoisotopic (exact) mass is 338 g/mol. The van der Waals surface area contributed by atoms with E-state index in [4.69, 9.17) is 9.72 Å². The van der Waals surface area contributed by atoms with Crippen LogP contribution in [0.5, 0.6) is 0 Å². The fourth-order valence-corrected chi connectivity index (χ4v) is 3.78. The quantitative estimate of drug-likeness (QED) is 0.915. The third-order valence-corrected chi connectivity index (χ3v) is 5.84. The zero-order valence-corrected chi connectivity index (χ0v) is 15.1. The Morgan fingerprint density at radius 1 is 1.24 bits per heavy atom. The predicted octanol–water partition coefficient (Wildman–Crippen LogP) is 3.92. The number of anilines is 1. The smallest absolute Gasteiger partial charge is 0.163 e. The summed E-state index contributed by atoms with van der Waals surface area (Å²) < 4.78 is 6.13. The summed E-state index contributed by atoms with van der Waals surface area (Å²) in [5.74, 6) is 1.62. The molecule has 132 valence electrons. The number of nitrogens with zero attached hydrogens (tertiary/aromatic N) is 3. The molecular formula is C20H26N4O. The molecule has 1 saturated heterocycles. The molecule has 1 spiro atoms. The molecule has 0 aromatic carbocycles. The molecule has 2 fully saturated rings. The molecule has 0 radical (unpaired) electrons. The van der Waals surface area contributed by atoms with Gasteiger partial charge in [0.05, 0.1) is 12.7 Å². The van der Waals surface area contributed by atoms with Crippen LogP contribution in [0.25, 0.3) is 11.4 Å². The minimum atomic E-state index is 0.280. The van der Waals surface area contributed by atoms with Crippen molar-refractivity contribution in [3.8, 4) is 11.4 Å². The number of hydrogen-bond donors (Lipinski definition) is 1. The van der Waals surface area contributed by atoms with Gasteiger partial charge in [-0.25, -0.2) is 9.97 Å². The summed E-state index contributed by atoms with van der Waals surface area (Å²) >= 11 is 0. The summed E-state index contributed by atoms with van der Waals surface area (Å²) in [6, 6.07) is 3.90. The van der Waals surface area contributed by atoms with Crippen LogP contribution in [0.2, 0.25) is 0 Å². The lowest BCUT2D eigenvalue weighted by Crippen LogP contribution is -2.42. The number of rotatable bonds is 4. The molecule has 1 unspecified atom stereocenters. The molecule has 0 bridgehead atoms. The molecular weight excluding hydrogens is 312 g/mol. The third kappa shape index (κ3) is 3.38. The van der Waals surface area contributed by atoms with Crippen molar-refractivity contribution in [2.24, 2.45) is 5.41 Å². The highest BCUT2D eigenvalue weighted by molar-refractivity contribution is 5.58. The minimum Gasteiger partial charge on any atom is -0.376 e. The Balaban J connectivity index is 1.44. The highest BCUT2D eigenvalue weighted by Crippen LogP contribution is 2.47. The molecule has 0 amide bonds. The number of nitrogens with one attached hydrogen (secondary N) is 1. The summed E-state index contributed by atoms with van der Waals surface area (Å²) in [6.07, 6.45) is 10.4. The molecule has 1 saturated carbocycles. The van der Waals surface area contributed by atoms with Gasteiger partial charge in [-0.15, -0.1) is 0 Å². The number of ether oxygens (including phenoxy) is 1. The lowest BCUT2D eigenvalue weighted by molar-refractivity contribution is -0.0909. The van der Waals surface area contributed by atoms with Gasteiger partial charge in [0, 0.05) is 35.8 Å². The summed E-state index contributed by atoms with van der Waals surface area (Å²) in [6.45, 7) is 5.83. The first-order valence-electron chi connectivity index (χ1n) is 9.26. The molecule has 1 N–H and O–H groups in total. The van der Waals surface area contributed by atoms with Gasteiger partial charge in [0.25, 0.3) is 0 Å². The maximum atomic E-state index is 6.13. The van der Waals surface area contributed by atoms with Gasteiger partial charge in [0.15, 0.2) is 5.82 Å². The van der Waals surface area contributed by atoms with Gasteiger partial charge in [-0.1, -0.05) is 6.42 Å². The summed E-state index contributed by atoms with van der Waals surface area (Å²) in [7, 11) is 0. The standard InChI is InChI=1S/C20H26N4O/c1-14-15(2)23-19(16-5-3-10-21-11-16)24-18(14)22-12-17-6-9-20(13-25-17)7-4-8-20/h3,5,10-11,17H,4,6-9,12-13H2,1-2H3,(H,22,23,24). The Morgan fingerprint density at radius 3 is 2.76 bits per heavy atom. The maximum absolute atomic E-state index is 6.13. The van der Waals surface area contributed by atoms with Crippen LogP contribution < -0.4 is 5.32 Å². The average molecular weight is 338 g/mol. The van der Waals surface area contributed by atoms with Crippen LogP contribution in [-0.4, -0.2) is 34.2 Å². The molecule has 1 atom stereocenters. The van der Waals surface area contributed by atoms with Crippen LogP contribution in [0.3, 0.4) is 0 Å². The van der Waals surface area contributed by atoms with E-state index in [1.807, 2.05) is 19.1 Å². The van der Waals surface area contributed by atoms with Crippen molar-refractivity contribution in [1.82, 2.24) is 15.0 Å². The summed E-state index contributed by atoms with van der Waals surface area (Å²) in [5.41, 5.74) is 3.55. The fourth-order valence-electron chi connectivity index (χ4n) is 3.78. The van der Waals surface area contributed by atoms with Crippen molar-refractivity contribution in [2.45, 2.75) is 52.1 Å². The topological polar surface area (TPSA) is 59.9 Å². The van der Waals surface area contributed by atoms with Crippen molar-refractivity contribution in [1.29, 1.82) is 0 Å². The van der Waals surface area contributed by atoms with E-state index in [0.29, 0.717) is 5.41 Å². The highest BCUT2D eigenvalue weighted by atomic mass is 16.5. The van der Waals surface area contributed by atoms with Gasteiger partial charge < -0.3 is 10.1 Å². The second-order valence-electron chi connectivity index (χ2n) is 7.55. The van der Waals surface area contributed by atoms with E-state index in [1.165, 1.54) is 25.7 Å². The molecule has 25 heavy (non-hydrogen) atoms. The van der Waals surface area contributed by atoms with Gasteiger partial charge >= 0.3 is 0 Å². The molecule has 2 aromatic heterocycles. The molecule has 5 nitrogen and oxygen atoms in total. The van der Waals surface area contributed by atoms with Crippen LogP contribution >= 0.6 is 0 Å². The van der Waals surface area contributed by atoms with Crippen molar-refractivity contribution in [3.63, 3.8) is 0 Å². The zero-order chi connectivity index (χ0) is 17.3. The average Bonchev–Trinajstić information content (AvgIpc) is 2.62. The lowest BCUT2D eigenvalue weighted by Gasteiger charge is -2.46. The second kappa shape index (κ2) is 6.71. The third-order valence-electron chi connectivity index (χ3n) is 5.84. The first kappa shape index (κ1) is 16.5. The van der Waals surface area contributed by atoms with Crippen LogP contribution in [-0.2, 0) is 4.74 Å². The van der Waals surface area contributed by atoms with E-state index in [2.05, 4.69) is 22.2 Å². The van der Waals surface area contributed by atoms with Gasteiger partial charge in [0.1, 0.15) is 5.82 Å². The SMILES string of the molecule is Cc1nc(-c2cccnc2)nc(NCC2CCC3(CCC3)CO2)c1C. The Bertz CT molecular complexity index is 733. The normalized spacial score (nSPS) is 21.8. The second-order valence-corrected chi connectivity index (χ2v) is 7.55. The summed E-state index contributed by atoms with van der Waals surface area (Å²) in [4.78, 5) is 13.5. The first-order chi connectivity index (χ1) is 12.2. The van der Waals surface area contributed by atoms with Crippen molar-refractivity contribution >= 4 is 5.82 Å². The van der Waals surface area contributed by atoms with Gasteiger partial charge in [-0.05, 0) is 57.1 Å². The fraction of sp³-hybridized carbons (Fsp3) is 0.550. The lowest BCUT2D eigenvalue weighted by atomic mass is 9.65. The first-order valence-corrected chi connectivity index (χ1v) is 9.26. The van der Waals surface area contributed by atoms with Crippen molar-refractivity contribution in [2.75, 3.05) is 18.5 Å². The molecule has 2 aromatic rings. The van der Waals surface area contributed by atoms with Gasteiger partial charge in [0.2, 0.25) is 0 Å². The number of pyridine rings is 1. The molecule has 2 aliphatic rings. The Labute approximate surface area is 149 Å². The van der Waals surface area contributed by atoms with Crippen molar-refractivity contribution in [3.05, 3.63) is 35.8 Å². The predicted molar refractivity (Wildman–Crippen MR) is 98.5 cm³/mol. The number of aryl methyl sites for hydroxylation is 1. The maximum Gasteiger partial charge on any atom is 0.163 e. The van der Waals surface area contributed by atoms with Crippen LogP contribution in [0.4, 0.5) is 5.82 Å². The van der Waals surface area contributed by atoms with Crippen LogP contribution in [0.15, 0.2) is 24.5 Å². The highest BCUT2D eigenvalue weighted by Gasteiger charge is 2.40. The minimum absolute atomic E-state index is 0.280. The van der Waals surface area contributed by atoms with Gasteiger partial charge in [-0.3, -0.25) is 4.98 Å². The van der Waals surface area contributed by atoms with E-state index in [-0.39, 0.29) is 6.10 Å². The van der Waals surface area contributed by atoms with E-state index in [9.17, 15) is 0 Å². The molecule has 1 aliphatic heterocycles. The van der Waals surface area contributed by atoms with E-state index < -0.39 is 0 Å². The van der Waals surface area contributed by atoms with Crippen LogP contribution in [0.1, 0.15) is 43.4 Å². The molecule has 1 aliphatic carbocycles. The molecule has 5 heteroatoms. The van der Waals surface area contributed by atoms with Crippen LogP contribution in [0, 0.1) is 19.3 Å². The summed E-state index contributed by atoms with van der Waals surface area (Å²) in [5, 5.41) is 3.50. The number of aromatic nitrogens is 3. The van der Waals surface area contributed by atoms with E-state index in [1.54, 1.807) is 12.4 Å². The molecule has 3 heterocycles. The van der Waals surface area contributed by atoms with E-state index >= 15 is 0 Å². The Morgan fingerprint density at radius 2 is 2.12 bits per heavy atom.